The maximum absolute atomic E-state index is 9.35. The highest BCUT2D eigenvalue weighted by Gasteiger charge is 2.05. The van der Waals surface area contributed by atoms with Crippen LogP contribution in [0.2, 0.25) is 0 Å². The van der Waals surface area contributed by atoms with Crippen molar-refractivity contribution in [3.8, 4) is 6.07 Å². The van der Waals surface area contributed by atoms with Crippen LogP contribution in [0.25, 0.3) is 5.57 Å². The molecule has 0 aromatic heterocycles. The average Bonchev–Trinajstić information content (AvgIpc) is 2.45. The number of oxime groups is 1. The summed E-state index contributed by atoms with van der Waals surface area (Å²) in [6.07, 6.45) is 3.70. The number of aryl methyl sites for hydroxylation is 1. The normalized spacial score (nSPS) is 12.5. The standard InChI is InChI=1S/C15H16N2OS2/c1-12-6-4-5-7-14(12)15(10-16)13(2)8-9-20-11-17-18-19-3/h4-9,11H,1-3H3/b9-8-,15-13-,17-11-. The molecule has 0 amide bonds. The van der Waals surface area contributed by atoms with Gasteiger partial charge in [-0.1, -0.05) is 47.3 Å². The zero-order chi connectivity index (χ0) is 14.8. The lowest BCUT2D eigenvalue weighted by atomic mass is 9.98. The third-order valence-electron chi connectivity index (χ3n) is 2.54. The van der Waals surface area contributed by atoms with E-state index in [-0.39, 0.29) is 0 Å². The molecule has 0 aliphatic rings. The van der Waals surface area contributed by atoms with Crippen LogP contribution < -0.4 is 0 Å². The molecule has 0 aliphatic heterocycles. The van der Waals surface area contributed by atoms with Crippen LogP contribution in [-0.2, 0) is 4.28 Å². The van der Waals surface area contributed by atoms with Gasteiger partial charge in [-0.3, -0.25) is 0 Å². The minimum Gasteiger partial charge on any atom is -0.322 e. The predicted octanol–water partition coefficient (Wildman–Crippen LogP) is 4.78. The highest BCUT2D eigenvalue weighted by molar-refractivity contribution is 8.14. The lowest BCUT2D eigenvalue weighted by Crippen LogP contribution is -1.88. The van der Waals surface area contributed by atoms with E-state index in [1.807, 2.05) is 49.6 Å². The highest BCUT2D eigenvalue weighted by atomic mass is 32.2. The van der Waals surface area contributed by atoms with Crippen molar-refractivity contribution < 1.29 is 4.28 Å². The van der Waals surface area contributed by atoms with Crippen molar-refractivity contribution in [3.63, 3.8) is 0 Å². The van der Waals surface area contributed by atoms with Crippen LogP contribution >= 0.6 is 23.8 Å². The Hall–Kier alpha value is -1.64. The minimum atomic E-state index is 0.692. The van der Waals surface area contributed by atoms with E-state index in [0.717, 1.165) is 16.7 Å². The third kappa shape index (κ3) is 5.16. The summed E-state index contributed by atoms with van der Waals surface area (Å²) in [6, 6.07) is 10.2. The fourth-order valence-corrected chi connectivity index (χ4v) is 2.19. The monoisotopic (exact) mass is 304 g/mol. The molecule has 20 heavy (non-hydrogen) atoms. The van der Waals surface area contributed by atoms with Crippen molar-refractivity contribution in [2.75, 3.05) is 6.26 Å². The first-order chi connectivity index (χ1) is 9.70. The molecule has 1 aromatic carbocycles. The van der Waals surface area contributed by atoms with E-state index in [1.54, 1.807) is 11.8 Å². The molecule has 3 nitrogen and oxygen atoms in total. The first-order valence-electron chi connectivity index (χ1n) is 5.91. The summed E-state index contributed by atoms with van der Waals surface area (Å²) in [4.78, 5) is 0. The molecule has 0 saturated carbocycles. The summed E-state index contributed by atoms with van der Waals surface area (Å²) in [5.74, 6) is 0. The zero-order valence-electron chi connectivity index (χ0n) is 11.7. The SMILES string of the molecule is CSO/N=C\S/C=C\C(C)=C(\C#N)c1ccccc1C. The van der Waals surface area contributed by atoms with Gasteiger partial charge in [0.05, 0.1) is 17.6 Å². The molecule has 1 aromatic rings. The van der Waals surface area contributed by atoms with Gasteiger partial charge in [-0.2, -0.15) is 5.26 Å². The zero-order valence-corrected chi connectivity index (χ0v) is 13.3. The third-order valence-corrected chi connectivity index (χ3v) is 3.27. The molecule has 0 fully saturated rings. The fraction of sp³-hybridized carbons (Fsp3) is 0.200. The van der Waals surface area contributed by atoms with Crippen molar-refractivity contribution in [2.24, 2.45) is 5.16 Å². The maximum Gasteiger partial charge on any atom is 0.105 e. The molecule has 0 saturated heterocycles. The Morgan fingerprint density at radius 1 is 1.40 bits per heavy atom. The van der Waals surface area contributed by atoms with E-state index >= 15 is 0 Å². The Morgan fingerprint density at radius 3 is 2.80 bits per heavy atom. The molecule has 0 N–H and O–H groups in total. The Labute approximate surface area is 128 Å². The van der Waals surface area contributed by atoms with Crippen LogP contribution in [-0.4, -0.2) is 11.8 Å². The molecular weight excluding hydrogens is 288 g/mol. The number of hydrogen-bond acceptors (Lipinski definition) is 5. The number of allylic oxidation sites excluding steroid dienone is 3. The molecule has 0 spiro atoms. The van der Waals surface area contributed by atoms with Crippen LogP contribution in [0.3, 0.4) is 0 Å². The molecular formula is C15H16N2OS2. The summed E-state index contributed by atoms with van der Waals surface area (Å²) in [7, 11) is 0. The fourth-order valence-electron chi connectivity index (χ4n) is 1.56. The molecule has 0 aliphatic carbocycles. The van der Waals surface area contributed by atoms with Crippen molar-refractivity contribution in [3.05, 3.63) is 52.4 Å². The van der Waals surface area contributed by atoms with E-state index < -0.39 is 0 Å². The molecule has 1 rings (SSSR count). The molecule has 0 unspecified atom stereocenters. The average molecular weight is 304 g/mol. The lowest BCUT2D eigenvalue weighted by molar-refractivity contribution is 0.412. The van der Waals surface area contributed by atoms with Crippen molar-refractivity contribution in [1.82, 2.24) is 0 Å². The van der Waals surface area contributed by atoms with E-state index in [9.17, 15) is 5.26 Å². The van der Waals surface area contributed by atoms with E-state index in [0.29, 0.717) is 5.57 Å². The topological polar surface area (TPSA) is 45.4 Å². The first kappa shape index (κ1) is 16.4. The number of nitriles is 1. The summed E-state index contributed by atoms with van der Waals surface area (Å²) in [6.45, 7) is 3.93. The van der Waals surface area contributed by atoms with E-state index in [2.05, 4.69) is 11.2 Å². The predicted molar refractivity (Wildman–Crippen MR) is 89.2 cm³/mol. The second-order valence-corrected chi connectivity index (χ2v) is 5.11. The molecule has 104 valence electrons. The van der Waals surface area contributed by atoms with Gasteiger partial charge in [0.1, 0.15) is 11.6 Å². The van der Waals surface area contributed by atoms with Gasteiger partial charge in [-0.05, 0) is 36.0 Å². The molecule has 0 atom stereocenters. The van der Waals surface area contributed by atoms with Crippen molar-refractivity contribution in [1.29, 1.82) is 5.26 Å². The Morgan fingerprint density at radius 2 is 2.15 bits per heavy atom. The molecule has 0 radical (unpaired) electrons. The van der Waals surface area contributed by atoms with E-state index in [1.165, 1.54) is 23.8 Å². The van der Waals surface area contributed by atoms with Crippen LogP contribution in [0.5, 0.6) is 0 Å². The Balaban J connectivity index is 2.84. The van der Waals surface area contributed by atoms with Gasteiger partial charge < -0.3 is 4.28 Å². The minimum absolute atomic E-state index is 0.692. The van der Waals surface area contributed by atoms with Gasteiger partial charge in [0.25, 0.3) is 0 Å². The van der Waals surface area contributed by atoms with Crippen molar-refractivity contribution in [2.45, 2.75) is 13.8 Å². The largest absolute Gasteiger partial charge is 0.322 e. The van der Waals surface area contributed by atoms with E-state index in [4.69, 9.17) is 4.28 Å². The Bertz CT molecular complexity index is 571. The summed E-state index contributed by atoms with van der Waals surface area (Å²) in [5, 5.41) is 14.9. The molecule has 0 heterocycles. The van der Waals surface area contributed by atoms with Gasteiger partial charge in [-0.15, -0.1) is 0 Å². The summed E-state index contributed by atoms with van der Waals surface area (Å²) >= 11 is 2.58. The molecule has 0 bridgehead atoms. The Kier molecular flexibility index (Phi) is 7.63. The van der Waals surface area contributed by atoms with Gasteiger partial charge in [0.2, 0.25) is 0 Å². The number of hydrogen-bond donors (Lipinski definition) is 0. The number of benzene rings is 1. The number of thioether (sulfide) groups is 1. The summed E-state index contributed by atoms with van der Waals surface area (Å²) < 4.78 is 4.76. The first-order valence-corrected chi connectivity index (χ1v) is 8.00. The summed E-state index contributed by atoms with van der Waals surface area (Å²) in [5.41, 5.74) is 5.28. The van der Waals surface area contributed by atoms with Gasteiger partial charge >= 0.3 is 0 Å². The highest BCUT2D eigenvalue weighted by Crippen LogP contribution is 2.22. The van der Waals surface area contributed by atoms with Crippen molar-refractivity contribution >= 4 is 34.9 Å². The van der Waals surface area contributed by atoms with Crippen LogP contribution in [0.1, 0.15) is 18.1 Å². The lowest BCUT2D eigenvalue weighted by Gasteiger charge is -2.05. The quantitative estimate of drug-likeness (QED) is 0.189. The number of nitrogens with zero attached hydrogens (tertiary/aromatic N) is 2. The van der Waals surface area contributed by atoms with Gasteiger partial charge in [0, 0.05) is 6.26 Å². The van der Waals surface area contributed by atoms with Crippen LogP contribution in [0.15, 0.2) is 46.5 Å². The molecule has 5 heteroatoms. The van der Waals surface area contributed by atoms with Crippen LogP contribution in [0.4, 0.5) is 0 Å². The number of rotatable bonds is 6. The second-order valence-electron chi connectivity index (χ2n) is 3.88. The van der Waals surface area contributed by atoms with Crippen LogP contribution in [0, 0.1) is 18.3 Å². The van der Waals surface area contributed by atoms with Gasteiger partial charge in [-0.25, -0.2) is 0 Å². The maximum atomic E-state index is 9.35. The second kappa shape index (κ2) is 9.29. The van der Waals surface area contributed by atoms with Gasteiger partial charge in [0.15, 0.2) is 0 Å². The smallest absolute Gasteiger partial charge is 0.105 e.